The third-order valence-electron chi connectivity index (χ3n) is 4.03. The lowest BCUT2D eigenvalue weighted by Gasteiger charge is -2.31. The van der Waals surface area contributed by atoms with Crippen molar-refractivity contribution in [2.24, 2.45) is 5.92 Å². The number of nitrogens with one attached hydrogen (secondary N) is 1. The van der Waals surface area contributed by atoms with Gasteiger partial charge in [0.2, 0.25) is 0 Å². The van der Waals surface area contributed by atoms with Gasteiger partial charge in [-0.3, -0.25) is 0 Å². The summed E-state index contributed by atoms with van der Waals surface area (Å²) in [5.74, 6) is -2.39. The van der Waals surface area contributed by atoms with E-state index in [1.165, 1.54) is 11.0 Å². The van der Waals surface area contributed by atoms with Crippen LogP contribution in [0.5, 0.6) is 0 Å². The normalized spacial score (nSPS) is 21.3. The number of carbonyl (C=O) groups excluding carboxylic acids is 1. The van der Waals surface area contributed by atoms with Crippen LogP contribution in [0, 0.1) is 5.92 Å². The van der Waals surface area contributed by atoms with E-state index in [9.17, 15) is 18.7 Å². The van der Waals surface area contributed by atoms with Gasteiger partial charge >= 0.3 is 6.03 Å². The molecule has 1 aliphatic carbocycles. The molecule has 0 radical (unpaired) electrons. The van der Waals surface area contributed by atoms with Crippen LogP contribution in [0.3, 0.4) is 0 Å². The Labute approximate surface area is 139 Å². The lowest BCUT2D eigenvalue weighted by atomic mass is 9.86. The largest absolute Gasteiger partial charge is 0.393 e. The summed E-state index contributed by atoms with van der Waals surface area (Å²) in [7, 11) is 1.68. The number of nitrogens with zero attached hydrogens (tertiary/aromatic N) is 1. The van der Waals surface area contributed by atoms with Crippen LogP contribution in [-0.2, 0) is 0 Å². The van der Waals surface area contributed by atoms with Crippen LogP contribution in [-0.4, -0.2) is 41.5 Å². The van der Waals surface area contributed by atoms with Gasteiger partial charge in [-0.2, -0.15) is 8.78 Å². The molecular weight excluding hydrogens is 322 g/mol. The molecule has 0 spiro atoms. The quantitative estimate of drug-likeness (QED) is 0.794. The van der Waals surface area contributed by atoms with E-state index < -0.39 is 5.76 Å². The summed E-state index contributed by atoms with van der Waals surface area (Å²) in [4.78, 5) is 14.1. The highest BCUT2D eigenvalue weighted by Gasteiger charge is 2.25. The average molecular weight is 344 g/mol. The first kappa shape index (κ1) is 18.0. The molecular formula is C16H22F2N2O2S. The summed E-state index contributed by atoms with van der Waals surface area (Å²) < 4.78 is 24.8. The summed E-state index contributed by atoms with van der Waals surface area (Å²) in [6.07, 6.45) is 3.45. The fraction of sp³-hybridized carbons (Fsp3) is 0.562. The molecule has 7 heteroatoms. The summed E-state index contributed by atoms with van der Waals surface area (Å²) in [5, 5.41) is 12.7. The zero-order chi connectivity index (χ0) is 16.8. The van der Waals surface area contributed by atoms with E-state index in [0.717, 1.165) is 25.7 Å². The van der Waals surface area contributed by atoms with Crippen LogP contribution in [0.2, 0.25) is 0 Å². The van der Waals surface area contributed by atoms with Gasteiger partial charge in [-0.15, -0.1) is 0 Å². The van der Waals surface area contributed by atoms with Gasteiger partial charge < -0.3 is 15.3 Å². The maximum atomic E-state index is 12.4. The van der Waals surface area contributed by atoms with E-state index in [0.29, 0.717) is 28.9 Å². The Hall–Kier alpha value is -1.34. The summed E-state index contributed by atoms with van der Waals surface area (Å²) in [5.41, 5.74) is 0.483. The van der Waals surface area contributed by atoms with Gasteiger partial charge in [0.1, 0.15) is 0 Å². The molecule has 23 heavy (non-hydrogen) atoms. The van der Waals surface area contributed by atoms with Crippen LogP contribution in [0.4, 0.5) is 19.3 Å². The molecule has 0 aliphatic heterocycles. The highest BCUT2D eigenvalue weighted by molar-refractivity contribution is 7.99. The Bertz CT molecular complexity index is 531. The fourth-order valence-corrected chi connectivity index (χ4v) is 3.36. The molecule has 2 N–H and O–H groups in total. The fourth-order valence-electron chi connectivity index (χ4n) is 2.80. The molecule has 1 aromatic carbocycles. The van der Waals surface area contributed by atoms with E-state index in [-0.39, 0.29) is 18.1 Å². The third-order valence-corrected chi connectivity index (χ3v) is 4.74. The molecule has 2 amide bonds. The molecule has 2 unspecified atom stereocenters. The minimum absolute atomic E-state index is 0.0974. The minimum Gasteiger partial charge on any atom is -0.393 e. The second-order valence-corrected chi connectivity index (χ2v) is 6.89. The Morgan fingerprint density at radius 1 is 1.43 bits per heavy atom. The zero-order valence-corrected chi connectivity index (χ0v) is 13.9. The Morgan fingerprint density at radius 3 is 2.87 bits per heavy atom. The molecule has 0 saturated heterocycles. The summed E-state index contributed by atoms with van der Waals surface area (Å²) in [6, 6.07) is 6.09. The first-order chi connectivity index (χ1) is 11.0. The van der Waals surface area contributed by atoms with Crippen molar-refractivity contribution in [3.05, 3.63) is 24.3 Å². The number of rotatable bonds is 5. The molecule has 128 valence electrons. The van der Waals surface area contributed by atoms with Gasteiger partial charge in [0, 0.05) is 30.1 Å². The Balaban J connectivity index is 1.90. The van der Waals surface area contributed by atoms with Crippen molar-refractivity contribution >= 4 is 23.5 Å². The van der Waals surface area contributed by atoms with Gasteiger partial charge in [0.05, 0.1) is 6.10 Å². The number of aliphatic hydroxyl groups excluding tert-OH is 1. The summed E-state index contributed by atoms with van der Waals surface area (Å²) >= 11 is 0.446. The maximum Gasteiger partial charge on any atom is 0.321 e. The van der Waals surface area contributed by atoms with Gasteiger partial charge in [0.15, 0.2) is 0 Å². The number of carbonyl (C=O) groups is 1. The second-order valence-electron chi connectivity index (χ2n) is 5.83. The van der Waals surface area contributed by atoms with Crippen molar-refractivity contribution in [2.45, 2.75) is 42.4 Å². The van der Waals surface area contributed by atoms with Crippen LogP contribution in [0.1, 0.15) is 25.7 Å². The number of urea groups is 1. The van der Waals surface area contributed by atoms with Crippen LogP contribution < -0.4 is 5.32 Å². The number of halogens is 2. The van der Waals surface area contributed by atoms with Crippen molar-refractivity contribution in [1.82, 2.24) is 4.90 Å². The number of hydrogen-bond acceptors (Lipinski definition) is 3. The lowest BCUT2D eigenvalue weighted by molar-refractivity contribution is 0.0575. The standard InChI is InChI=1S/C16H22F2N2O2S/c1-20(10-11-5-2-3-8-14(11)21)16(22)19-12-6-4-7-13(9-12)23-15(17)18/h4,6-7,9,11,14-15,21H,2-3,5,8,10H2,1H3,(H,19,22). The second kappa shape index (κ2) is 8.49. The van der Waals surface area contributed by atoms with E-state index in [1.54, 1.807) is 25.2 Å². The van der Waals surface area contributed by atoms with Gasteiger partial charge in [-0.05, 0) is 31.0 Å². The third kappa shape index (κ3) is 5.66. The Kier molecular flexibility index (Phi) is 6.65. The van der Waals surface area contributed by atoms with Crippen molar-refractivity contribution < 1.29 is 18.7 Å². The molecule has 0 heterocycles. The van der Waals surface area contributed by atoms with Gasteiger partial charge in [-0.25, -0.2) is 4.79 Å². The molecule has 2 rings (SSSR count). The topological polar surface area (TPSA) is 52.6 Å². The van der Waals surface area contributed by atoms with Crippen LogP contribution in [0.15, 0.2) is 29.2 Å². The first-order valence-corrected chi connectivity index (χ1v) is 8.58. The highest BCUT2D eigenvalue weighted by atomic mass is 32.2. The number of amides is 2. The van der Waals surface area contributed by atoms with E-state index in [4.69, 9.17) is 0 Å². The monoisotopic (exact) mass is 344 g/mol. The van der Waals surface area contributed by atoms with E-state index >= 15 is 0 Å². The minimum atomic E-state index is -2.49. The van der Waals surface area contributed by atoms with Crippen molar-refractivity contribution in [2.75, 3.05) is 18.9 Å². The van der Waals surface area contributed by atoms with Crippen LogP contribution in [0.25, 0.3) is 0 Å². The molecule has 1 aliphatic rings. The van der Waals surface area contributed by atoms with Crippen LogP contribution >= 0.6 is 11.8 Å². The molecule has 2 atom stereocenters. The number of benzene rings is 1. The molecule has 1 aromatic rings. The van der Waals surface area contributed by atoms with Crippen molar-refractivity contribution in [1.29, 1.82) is 0 Å². The van der Waals surface area contributed by atoms with E-state index in [1.807, 2.05) is 0 Å². The lowest BCUT2D eigenvalue weighted by Crippen LogP contribution is -2.40. The number of anilines is 1. The predicted molar refractivity (Wildman–Crippen MR) is 87.9 cm³/mol. The molecule has 0 bridgehead atoms. The van der Waals surface area contributed by atoms with Gasteiger partial charge in [0.25, 0.3) is 5.76 Å². The molecule has 0 aromatic heterocycles. The van der Waals surface area contributed by atoms with Crippen molar-refractivity contribution in [3.8, 4) is 0 Å². The average Bonchev–Trinajstić information content (AvgIpc) is 2.49. The molecule has 4 nitrogen and oxygen atoms in total. The number of aliphatic hydroxyl groups is 1. The number of hydrogen-bond donors (Lipinski definition) is 2. The maximum absolute atomic E-state index is 12.4. The predicted octanol–water partition coefficient (Wildman–Crippen LogP) is 4.02. The van der Waals surface area contributed by atoms with Crippen molar-refractivity contribution in [3.63, 3.8) is 0 Å². The summed E-state index contributed by atoms with van der Waals surface area (Å²) in [6.45, 7) is 0.485. The van der Waals surface area contributed by atoms with E-state index in [2.05, 4.69) is 5.32 Å². The molecule has 1 fully saturated rings. The highest BCUT2D eigenvalue weighted by Crippen LogP contribution is 2.28. The smallest absolute Gasteiger partial charge is 0.321 e. The first-order valence-electron chi connectivity index (χ1n) is 7.71. The Morgan fingerprint density at radius 2 is 2.17 bits per heavy atom. The zero-order valence-electron chi connectivity index (χ0n) is 13.0. The number of alkyl halides is 2. The molecule has 1 saturated carbocycles. The SMILES string of the molecule is CN(CC1CCCCC1O)C(=O)Nc1cccc(SC(F)F)c1. The number of thioether (sulfide) groups is 1. The van der Waals surface area contributed by atoms with Gasteiger partial charge in [-0.1, -0.05) is 30.7 Å².